The van der Waals surface area contributed by atoms with Gasteiger partial charge in [-0.3, -0.25) is 13.9 Å². The molecule has 1 fully saturated rings. The molecule has 1 heterocycles. The molecule has 5 rings (SSSR count). The summed E-state index contributed by atoms with van der Waals surface area (Å²) in [4.78, 5) is 30.0. The number of hydrogen-bond acceptors (Lipinski definition) is 6. The molecule has 0 saturated heterocycles. The zero-order valence-corrected chi connectivity index (χ0v) is 26.2. The van der Waals surface area contributed by atoms with Gasteiger partial charge in [0.05, 0.1) is 11.4 Å². The second kappa shape index (κ2) is 14.2. The average molecular weight is 620 g/mol. The zero-order valence-electron chi connectivity index (χ0n) is 25.4. The maximum absolute atomic E-state index is 14.4. The second-order valence-corrected chi connectivity index (χ2v) is 13.7. The van der Waals surface area contributed by atoms with Crippen molar-refractivity contribution in [1.82, 2.24) is 10.2 Å². The summed E-state index contributed by atoms with van der Waals surface area (Å²) in [5.41, 5.74) is 3.13. The van der Waals surface area contributed by atoms with Crippen molar-refractivity contribution in [3.05, 3.63) is 89.5 Å². The van der Waals surface area contributed by atoms with Crippen molar-refractivity contribution in [2.24, 2.45) is 0 Å². The number of aryl methyl sites for hydroxylation is 1. The fraction of sp³-hybridized carbons (Fsp3) is 0.412. The van der Waals surface area contributed by atoms with Crippen molar-refractivity contribution in [3.8, 4) is 11.5 Å². The van der Waals surface area contributed by atoms with Gasteiger partial charge in [-0.2, -0.15) is 0 Å². The summed E-state index contributed by atoms with van der Waals surface area (Å²) >= 11 is 0. The molecule has 2 amide bonds. The van der Waals surface area contributed by atoms with E-state index in [2.05, 4.69) is 5.32 Å². The molecular formula is C34H41N3O6S. The predicted molar refractivity (Wildman–Crippen MR) is 170 cm³/mol. The third-order valence-corrected chi connectivity index (χ3v) is 10.1. The molecule has 0 bridgehead atoms. The predicted octanol–water partition coefficient (Wildman–Crippen LogP) is 4.97. The summed E-state index contributed by atoms with van der Waals surface area (Å²) in [6, 6.07) is 21.4. The maximum atomic E-state index is 14.4. The molecule has 3 aromatic carbocycles. The molecule has 10 heteroatoms. The van der Waals surface area contributed by atoms with Gasteiger partial charge < -0.3 is 19.7 Å². The fourth-order valence-electron chi connectivity index (χ4n) is 5.75. The molecular weight excluding hydrogens is 578 g/mol. The van der Waals surface area contributed by atoms with Crippen molar-refractivity contribution in [3.63, 3.8) is 0 Å². The number of rotatable bonds is 12. The van der Waals surface area contributed by atoms with E-state index in [4.69, 9.17) is 9.47 Å². The summed E-state index contributed by atoms with van der Waals surface area (Å²) in [7, 11) is -3.88. The van der Waals surface area contributed by atoms with Gasteiger partial charge >= 0.3 is 0 Å². The fourth-order valence-corrected chi connectivity index (χ4v) is 6.80. The van der Waals surface area contributed by atoms with E-state index in [1.54, 1.807) is 30.0 Å². The van der Waals surface area contributed by atoms with Gasteiger partial charge in [-0.15, -0.1) is 0 Å². The summed E-state index contributed by atoms with van der Waals surface area (Å²) < 4.78 is 38.8. The zero-order chi connectivity index (χ0) is 31.1. The van der Waals surface area contributed by atoms with Crippen molar-refractivity contribution in [2.45, 2.75) is 71.0 Å². The molecule has 2 aliphatic rings. The van der Waals surface area contributed by atoms with Crippen LogP contribution in [-0.4, -0.2) is 56.3 Å². The van der Waals surface area contributed by atoms with E-state index >= 15 is 0 Å². The van der Waals surface area contributed by atoms with Crippen LogP contribution in [0, 0.1) is 6.92 Å². The summed E-state index contributed by atoms with van der Waals surface area (Å²) in [5.74, 6) is 0.0189. The van der Waals surface area contributed by atoms with Crippen LogP contribution in [0.4, 0.5) is 5.69 Å². The lowest BCUT2D eigenvalue weighted by Crippen LogP contribution is -2.55. The van der Waals surface area contributed by atoms with Crippen LogP contribution in [0.5, 0.6) is 11.5 Å². The number of amides is 2. The number of benzene rings is 3. The van der Waals surface area contributed by atoms with Gasteiger partial charge in [0.25, 0.3) is 0 Å². The Hall–Kier alpha value is -4.05. The van der Waals surface area contributed by atoms with Gasteiger partial charge in [0.15, 0.2) is 11.5 Å². The Kier molecular flexibility index (Phi) is 10.1. The minimum Gasteiger partial charge on any atom is -0.454 e. The normalized spacial score (nSPS) is 15.4. The van der Waals surface area contributed by atoms with Crippen LogP contribution < -0.4 is 19.1 Å². The quantitative estimate of drug-likeness (QED) is 0.307. The topological polar surface area (TPSA) is 105 Å². The molecule has 0 spiro atoms. The number of nitrogens with one attached hydrogen (secondary N) is 1. The standard InChI is InChI=1S/C34H41N3O6S/c1-3-44(40,41)37(29-18-19-31-32(21-29)43-24-42-31)23-33(38)36(22-27-16-14-25(2)15-17-27)30(20-26-10-6-4-7-11-26)34(39)35-28-12-8-5-9-13-28/h4,6-7,10-11,14-19,21,28,30H,3,5,8-9,12-13,20,22-24H2,1-2H3,(H,35,39). The van der Waals surface area contributed by atoms with Crippen molar-refractivity contribution in [1.29, 1.82) is 0 Å². The SMILES string of the molecule is CCS(=O)(=O)N(CC(=O)N(Cc1ccc(C)cc1)C(Cc1ccccc1)C(=O)NC1CCCCC1)c1ccc2c(c1)OCO2. The molecule has 0 radical (unpaired) electrons. The van der Waals surface area contributed by atoms with Gasteiger partial charge in [-0.25, -0.2) is 8.42 Å². The molecule has 9 nitrogen and oxygen atoms in total. The second-order valence-electron chi connectivity index (χ2n) is 11.5. The molecule has 1 aliphatic carbocycles. The highest BCUT2D eigenvalue weighted by atomic mass is 32.2. The number of anilines is 1. The van der Waals surface area contributed by atoms with Gasteiger partial charge in [0, 0.05) is 25.1 Å². The van der Waals surface area contributed by atoms with E-state index in [1.807, 2.05) is 61.5 Å². The minimum absolute atomic E-state index is 0.0415. The minimum atomic E-state index is -3.88. The first-order valence-corrected chi connectivity index (χ1v) is 16.9. The lowest BCUT2D eigenvalue weighted by Gasteiger charge is -2.35. The molecule has 1 atom stereocenters. The van der Waals surface area contributed by atoms with E-state index in [0.29, 0.717) is 23.6 Å². The number of carbonyl (C=O) groups is 2. The van der Waals surface area contributed by atoms with Crippen molar-refractivity contribution < 1.29 is 27.5 Å². The molecule has 1 N–H and O–H groups in total. The van der Waals surface area contributed by atoms with Crippen LogP contribution >= 0.6 is 0 Å². The third-order valence-electron chi connectivity index (χ3n) is 8.32. The first kappa shape index (κ1) is 31.4. The first-order chi connectivity index (χ1) is 21.2. The molecule has 1 aliphatic heterocycles. The van der Waals surface area contributed by atoms with Gasteiger partial charge in [0.1, 0.15) is 12.6 Å². The van der Waals surface area contributed by atoms with E-state index in [-0.39, 0.29) is 31.0 Å². The molecule has 3 aromatic rings. The highest BCUT2D eigenvalue weighted by Crippen LogP contribution is 2.36. The molecule has 1 saturated carbocycles. The number of hydrogen-bond donors (Lipinski definition) is 1. The molecule has 1 unspecified atom stereocenters. The highest BCUT2D eigenvalue weighted by Gasteiger charge is 2.35. The number of ether oxygens (including phenoxy) is 2. The van der Waals surface area contributed by atoms with Crippen LogP contribution in [0.25, 0.3) is 0 Å². The summed E-state index contributed by atoms with van der Waals surface area (Å²) in [6.07, 6.45) is 5.37. The van der Waals surface area contributed by atoms with E-state index in [9.17, 15) is 18.0 Å². The number of sulfonamides is 1. The lowest BCUT2D eigenvalue weighted by molar-refractivity contribution is -0.140. The summed E-state index contributed by atoms with van der Waals surface area (Å²) in [5, 5.41) is 3.23. The number of fused-ring (bicyclic) bond motifs is 1. The Morgan fingerprint density at radius 1 is 0.909 bits per heavy atom. The lowest BCUT2D eigenvalue weighted by atomic mass is 9.94. The van der Waals surface area contributed by atoms with E-state index in [1.165, 1.54) is 0 Å². The largest absolute Gasteiger partial charge is 0.454 e. The van der Waals surface area contributed by atoms with Gasteiger partial charge in [-0.05, 0) is 49.9 Å². The molecule has 0 aromatic heterocycles. The van der Waals surface area contributed by atoms with Crippen LogP contribution in [0.3, 0.4) is 0 Å². The summed E-state index contributed by atoms with van der Waals surface area (Å²) in [6.45, 7) is 3.25. The molecule has 44 heavy (non-hydrogen) atoms. The monoisotopic (exact) mass is 619 g/mol. The van der Waals surface area contributed by atoms with Gasteiger partial charge in [-0.1, -0.05) is 79.4 Å². The highest BCUT2D eigenvalue weighted by molar-refractivity contribution is 7.92. The van der Waals surface area contributed by atoms with Crippen LogP contribution in [-0.2, 0) is 32.6 Å². The third kappa shape index (κ3) is 7.72. The van der Waals surface area contributed by atoms with Crippen LogP contribution in [0.1, 0.15) is 55.7 Å². The first-order valence-electron chi connectivity index (χ1n) is 15.3. The number of nitrogens with zero attached hydrogens (tertiary/aromatic N) is 2. The molecule has 234 valence electrons. The Labute approximate surface area is 260 Å². The van der Waals surface area contributed by atoms with E-state index in [0.717, 1.165) is 53.1 Å². The Bertz CT molecular complexity index is 1540. The van der Waals surface area contributed by atoms with Crippen molar-refractivity contribution in [2.75, 3.05) is 23.4 Å². The van der Waals surface area contributed by atoms with Crippen LogP contribution in [0.2, 0.25) is 0 Å². The van der Waals surface area contributed by atoms with Gasteiger partial charge in [0.2, 0.25) is 28.6 Å². The maximum Gasteiger partial charge on any atom is 0.244 e. The van der Waals surface area contributed by atoms with E-state index < -0.39 is 28.5 Å². The van der Waals surface area contributed by atoms with Crippen molar-refractivity contribution >= 4 is 27.5 Å². The Morgan fingerprint density at radius 2 is 1.61 bits per heavy atom. The smallest absolute Gasteiger partial charge is 0.244 e. The average Bonchev–Trinajstić information content (AvgIpc) is 3.51. The number of carbonyl (C=O) groups excluding carboxylic acids is 2. The Balaban J connectivity index is 1.51. The van der Waals surface area contributed by atoms with Crippen LogP contribution in [0.15, 0.2) is 72.8 Å². The Morgan fingerprint density at radius 3 is 2.32 bits per heavy atom.